The van der Waals surface area contributed by atoms with E-state index in [0.717, 1.165) is 6.08 Å². The molecule has 0 fully saturated rings. The van der Waals surface area contributed by atoms with Crippen molar-refractivity contribution in [2.24, 2.45) is 0 Å². The van der Waals surface area contributed by atoms with Gasteiger partial charge in [0.05, 0.1) is 0 Å². The van der Waals surface area contributed by atoms with E-state index in [-0.39, 0.29) is 11.3 Å². The fourth-order valence-corrected chi connectivity index (χ4v) is 1.64. The predicted molar refractivity (Wildman–Crippen MR) is 74.3 cm³/mol. The van der Waals surface area contributed by atoms with E-state index < -0.39 is 11.8 Å². The second-order valence-electron chi connectivity index (χ2n) is 4.07. The molecule has 5 heteroatoms. The molecule has 1 N–H and O–H groups in total. The first-order valence-electron chi connectivity index (χ1n) is 5.97. The molecular weight excluding hydrogens is 273 g/mol. The lowest BCUT2D eigenvalue weighted by Gasteiger charge is -2.07. The Labute approximate surface area is 120 Å². The van der Waals surface area contributed by atoms with Crippen LogP contribution in [-0.4, -0.2) is 11.1 Å². The minimum Gasteiger partial charge on any atom is -0.478 e. The summed E-state index contributed by atoms with van der Waals surface area (Å²) in [5.41, 5.74) is 0.525. The molecule has 2 rings (SSSR count). The number of rotatable bonds is 4. The summed E-state index contributed by atoms with van der Waals surface area (Å²) < 4.78 is 18.9. The standard InChI is InChI=1S/C16H10FNO3/c17-14-2-1-3-15(13(14)10-18)21-12-7-4-11(5-8-12)6-9-16(19)20/h1-9H,(H,19,20)/b9-6+. The minimum absolute atomic E-state index is 0.131. The zero-order chi connectivity index (χ0) is 15.2. The SMILES string of the molecule is N#Cc1c(F)cccc1Oc1ccc(/C=C/C(=O)O)cc1. The van der Waals surface area contributed by atoms with Gasteiger partial charge in [0.1, 0.15) is 28.9 Å². The van der Waals surface area contributed by atoms with Crippen molar-refractivity contribution in [1.29, 1.82) is 5.26 Å². The molecule has 0 aliphatic carbocycles. The van der Waals surface area contributed by atoms with Crippen molar-refractivity contribution in [3.63, 3.8) is 0 Å². The Morgan fingerprint density at radius 1 is 1.24 bits per heavy atom. The van der Waals surface area contributed by atoms with Crippen LogP contribution >= 0.6 is 0 Å². The fraction of sp³-hybridized carbons (Fsp3) is 0. The van der Waals surface area contributed by atoms with Gasteiger partial charge in [-0.15, -0.1) is 0 Å². The number of carbonyl (C=O) groups is 1. The van der Waals surface area contributed by atoms with Crippen molar-refractivity contribution < 1.29 is 19.0 Å². The van der Waals surface area contributed by atoms with Crippen LogP contribution < -0.4 is 4.74 Å². The molecule has 2 aromatic rings. The van der Waals surface area contributed by atoms with E-state index in [0.29, 0.717) is 11.3 Å². The summed E-state index contributed by atoms with van der Waals surface area (Å²) >= 11 is 0. The Morgan fingerprint density at radius 2 is 1.95 bits per heavy atom. The monoisotopic (exact) mass is 283 g/mol. The molecule has 0 amide bonds. The third kappa shape index (κ3) is 3.67. The Bertz CT molecular complexity index is 730. The van der Waals surface area contributed by atoms with E-state index in [4.69, 9.17) is 15.1 Å². The van der Waals surface area contributed by atoms with Gasteiger partial charge >= 0.3 is 5.97 Å². The van der Waals surface area contributed by atoms with Gasteiger partial charge in [-0.05, 0) is 35.9 Å². The van der Waals surface area contributed by atoms with Crippen molar-refractivity contribution in [3.05, 3.63) is 65.5 Å². The lowest BCUT2D eigenvalue weighted by atomic mass is 10.2. The van der Waals surface area contributed by atoms with Gasteiger partial charge < -0.3 is 9.84 Å². The maximum Gasteiger partial charge on any atom is 0.328 e. The molecule has 0 bridgehead atoms. The number of aliphatic carboxylic acids is 1. The number of carboxylic acids is 1. The molecule has 0 spiro atoms. The Kier molecular flexibility index (Phi) is 4.32. The first-order chi connectivity index (χ1) is 10.1. The van der Waals surface area contributed by atoms with Crippen molar-refractivity contribution in [2.45, 2.75) is 0 Å². The summed E-state index contributed by atoms with van der Waals surface area (Å²) in [5, 5.41) is 17.4. The van der Waals surface area contributed by atoms with Crippen LogP contribution in [0.1, 0.15) is 11.1 Å². The third-order valence-corrected chi connectivity index (χ3v) is 2.61. The summed E-state index contributed by atoms with van der Waals surface area (Å²) in [7, 11) is 0. The molecule has 0 saturated heterocycles. The number of halogens is 1. The molecule has 0 aromatic heterocycles. The Hall–Kier alpha value is -3.13. The van der Waals surface area contributed by atoms with E-state index in [9.17, 15) is 9.18 Å². The molecule has 21 heavy (non-hydrogen) atoms. The van der Waals surface area contributed by atoms with Crippen molar-refractivity contribution in [3.8, 4) is 17.6 Å². The molecule has 0 unspecified atom stereocenters. The number of hydrogen-bond acceptors (Lipinski definition) is 3. The second-order valence-corrected chi connectivity index (χ2v) is 4.07. The molecule has 0 atom stereocenters. The van der Waals surface area contributed by atoms with E-state index in [1.54, 1.807) is 30.3 Å². The highest BCUT2D eigenvalue weighted by Crippen LogP contribution is 2.26. The van der Waals surface area contributed by atoms with Gasteiger partial charge in [0.15, 0.2) is 0 Å². The van der Waals surface area contributed by atoms with E-state index in [1.807, 2.05) is 0 Å². The molecule has 0 saturated carbocycles. The summed E-state index contributed by atoms with van der Waals surface area (Å²) in [6.07, 6.45) is 2.46. The normalized spacial score (nSPS) is 10.3. The molecule has 0 radical (unpaired) electrons. The first kappa shape index (κ1) is 14.3. The van der Waals surface area contributed by atoms with Gasteiger partial charge in [-0.2, -0.15) is 5.26 Å². The van der Waals surface area contributed by atoms with Crippen molar-refractivity contribution in [2.75, 3.05) is 0 Å². The highest BCUT2D eigenvalue weighted by Gasteiger charge is 2.09. The van der Waals surface area contributed by atoms with Gasteiger partial charge in [-0.1, -0.05) is 18.2 Å². The van der Waals surface area contributed by atoms with E-state index >= 15 is 0 Å². The number of benzene rings is 2. The number of ether oxygens (including phenoxy) is 1. The predicted octanol–water partition coefficient (Wildman–Crippen LogP) is 3.59. The van der Waals surface area contributed by atoms with Gasteiger partial charge in [0, 0.05) is 6.08 Å². The van der Waals surface area contributed by atoms with Gasteiger partial charge in [0.25, 0.3) is 0 Å². The average Bonchev–Trinajstić information content (AvgIpc) is 2.47. The lowest BCUT2D eigenvalue weighted by molar-refractivity contribution is -0.131. The van der Waals surface area contributed by atoms with E-state index in [1.165, 1.54) is 24.3 Å². The second kappa shape index (κ2) is 6.35. The first-order valence-corrected chi connectivity index (χ1v) is 5.97. The fourth-order valence-electron chi connectivity index (χ4n) is 1.64. The summed E-state index contributed by atoms with van der Waals surface area (Å²) in [4.78, 5) is 10.4. The van der Waals surface area contributed by atoms with Gasteiger partial charge in [0.2, 0.25) is 0 Å². The van der Waals surface area contributed by atoms with Crippen LogP contribution in [0, 0.1) is 17.1 Å². The van der Waals surface area contributed by atoms with Crippen LogP contribution in [0.15, 0.2) is 48.5 Å². The molecule has 104 valence electrons. The quantitative estimate of drug-likeness (QED) is 0.870. The number of nitrogens with zero attached hydrogens (tertiary/aromatic N) is 1. The van der Waals surface area contributed by atoms with Crippen molar-refractivity contribution in [1.82, 2.24) is 0 Å². The molecule has 2 aromatic carbocycles. The molecular formula is C16H10FNO3. The van der Waals surface area contributed by atoms with Crippen LogP contribution in [0.2, 0.25) is 0 Å². The van der Waals surface area contributed by atoms with Gasteiger partial charge in [-0.25, -0.2) is 9.18 Å². The van der Waals surface area contributed by atoms with Crippen LogP contribution in [0.3, 0.4) is 0 Å². The van der Waals surface area contributed by atoms with Crippen LogP contribution in [0.4, 0.5) is 4.39 Å². The van der Waals surface area contributed by atoms with Crippen LogP contribution in [0.25, 0.3) is 6.08 Å². The van der Waals surface area contributed by atoms with E-state index in [2.05, 4.69) is 0 Å². The topological polar surface area (TPSA) is 70.3 Å². The zero-order valence-electron chi connectivity index (χ0n) is 10.8. The largest absolute Gasteiger partial charge is 0.478 e. The highest BCUT2D eigenvalue weighted by molar-refractivity contribution is 5.85. The zero-order valence-corrected chi connectivity index (χ0v) is 10.8. The smallest absolute Gasteiger partial charge is 0.328 e. The molecule has 0 aliphatic heterocycles. The maximum atomic E-state index is 13.4. The minimum atomic E-state index is -1.03. The number of hydrogen-bond donors (Lipinski definition) is 1. The summed E-state index contributed by atoms with van der Waals surface area (Å²) in [6.45, 7) is 0. The van der Waals surface area contributed by atoms with Crippen LogP contribution in [-0.2, 0) is 4.79 Å². The molecule has 4 nitrogen and oxygen atoms in total. The Balaban J connectivity index is 2.20. The summed E-state index contributed by atoms with van der Waals surface area (Å²) in [5.74, 6) is -1.12. The molecule has 0 aliphatic rings. The average molecular weight is 283 g/mol. The number of nitriles is 1. The summed E-state index contributed by atoms with van der Waals surface area (Å²) in [6, 6.07) is 12.4. The van der Waals surface area contributed by atoms with Gasteiger partial charge in [-0.3, -0.25) is 0 Å². The maximum absolute atomic E-state index is 13.4. The third-order valence-electron chi connectivity index (χ3n) is 2.61. The molecule has 0 heterocycles. The lowest BCUT2D eigenvalue weighted by Crippen LogP contribution is -1.91. The Morgan fingerprint density at radius 3 is 2.57 bits per heavy atom. The van der Waals surface area contributed by atoms with Crippen LogP contribution in [0.5, 0.6) is 11.5 Å². The highest BCUT2D eigenvalue weighted by atomic mass is 19.1. The van der Waals surface area contributed by atoms with Crippen molar-refractivity contribution >= 4 is 12.0 Å². The number of carboxylic acid groups (broad SMARTS) is 1.